The van der Waals surface area contributed by atoms with Crippen molar-refractivity contribution in [2.24, 2.45) is 5.92 Å². The summed E-state index contributed by atoms with van der Waals surface area (Å²) in [6, 6.07) is 11.6. The second-order valence-corrected chi connectivity index (χ2v) is 13.7. The molecule has 1 aliphatic carbocycles. The largest absolute Gasteiger partial charge is 0.490 e. The molecule has 248 valence electrons. The lowest BCUT2D eigenvalue weighted by Crippen LogP contribution is -2.63. The van der Waals surface area contributed by atoms with Crippen LogP contribution in [-0.2, 0) is 0 Å². The normalized spacial score (nSPS) is 23.9. The first-order valence-corrected chi connectivity index (χ1v) is 17.4. The standard InChI is InChI=1S/C34H46ClFN8O2/c35-31-20-30(5-2-26(31)21-37)46-29-6-3-27(4-7-29)38-34(45)32-8-9-33(40-39-32)44-14-10-25(11-15-44)22-41-16-18-43(19-17-41)28-23-42(24-28)13-1-12-36/h2,5,8-9,20,25,27-29H,1,3-4,6-7,10-19,22-24H2,(H,38,45). The van der Waals surface area contributed by atoms with Crippen molar-refractivity contribution in [3.8, 4) is 11.8 Å². The second kappa shape index (κ2) is 15.7. The van der Waals surface area contributed by atoms with Gasteiger partial charge in [0.1, 0.15) is 11.8 Å². The van der Waals surface area contributed by atoms with E-state index in [1.165, 1.54) is 0 Å². The fraction of sp³-hybridized carbons (Fsp3) is 0.647. The Bertz CT molecular complexity index is 1330. The Balaban J connectivity index is 0.868. The Morgan fingerprint density at radius 2 is 1.74 bits per heavy atom. The highest BCUT2D eigenvalue weighted by atomic mass is 35.5. The number of aromatic nitrogens is 2. The van der Waals surface area contributed by atoms with E-state index < -0.39 is 0 Å². The molecular weight excluding hydrogens is 607 g/mol. The molecule has 3 saturated heterocycles. The Morgan fingerprint density at radius 3 is 2.39 bits per heavy atom. The van der Waals surface area contributed by atoms with Gasteiger partial charge in [-0.15, -0.1) is 10.2 Å². The minimum absolute atomic E-state index is 0.0508. The summed E-state index contributed by atoms with van der Waals surface area (Å²) < 4.78 is 18.5. The molecule has 1 aromatic carbocycles. The summed E-state index contributed by atoms with van der Waals surface area (Å²) in [6.07, 6.45) is 6.27. The number of amides is 1. The highest BCUT2D eigenvalue weighted by Crippen LogP contribution is 2.28. The number of ether oxygens (including phenoxy) is 1. The van der Waals surface area contributed by atoms with E-state index in [2.05, 4.69) is 41.2 Å². The summed E-state index contributed by atoms with van der Waals surface area (Å²) in [5.41, 5.74) is 0.778. The van der Waals surface area contributed by atoms with Crippen molar-refractivity contribution >= 4 is 23.3 Å². The number of likely N-dealkylation sites (tertiary alicyclic amines) is 1. The summed E-state index contributed by atoms with van der Waals surface area (Å²) in [4.78, 5) is 22.8. The fourth-order valence-corrected chi connectivity index (χ4v) is 7.52. The molecule has 10 nitrogen and oxygen atoms in total. The van der Waals surface area contributed by atoms with E-state index in [0.29, 0.717) is 40.4 Å². The van der Waals surface area contributed by atoms with Gasteiger partial charge in [-0.3, -0.25) is 14.1 Å². The number of rotatable bonds is 11. The molecule has 0 atom stereocenters. The van der Waals surface area contributed by atoms with Crippen LogP contribution in [-0.4, -0.2) is 121 Å². The molecule has 0 bridgehead atoms. The smallest absolute Gasteiger partial charge is 0.272 e. The van der Waals surface area contributed by atoms with E-state index in [4.69, 9.17) is 21.6 Å². The molecule has 1 saturated carbocycles. The van der Waals surface area contributed by atoms with Gasteiger partial charge < -0.3 is 24.8 Å². The molecule has 2 aromatic rings. The van der Waals surface area contributed by atoms with Crippen molar-refractivity contribution < 1.29 is 13.9 Å². The molecule has 4 fully saturated rings. The minimum Gasteiger partial charge on any atom is -0.490 e. The number of nitrogens with zero attached hydrogens (tertiary/aromatic N) is 7. The topological polar surface area (TPSA) is 101 Å². The summed E-state index contributed by atoms with van der Waals surface area (Å²) in [5, 5.41) is 21.3. The van der Waals surface area contributed by atoms with E-state index in [1.807, 2.05) is 6.07 Å². The van der Waals surface area contributed by atoms with E-state index >= 15 is 0 Å². The van der Waals surface area contributed by atoms with Gasteiger partial charge in [-0.25, -0.2) is 0 Å². The number of nitriles is 1. The van der Waals surface area contributed by atoms with Gasteiger partial charge in [0.15, 0.2) is 11.5 Å². The SMILES string of the molecule is N#Cc1ccc(OC2CCC(NC(=O)c3ccc(N4CCC(CN5CCN(C6CN(CCCF)C6)CC5)CC4)nn3)CC2)cc1Cl. The average molecular weight is 653 g/mol. The maximum atomic E-state index is 12.9. The molecule has 3 aliphatic heterocycles. The number of carbonyl (C=O) groups is 1. The summed E-state index contributed by atoms with van der Waals surface area (Å²) >= 11 is 6.13. The zero-order valence-corrected chi connectivity index (χ0v) is 27.4. The first-order chi connectivity index (χ1) is 22.5. The van der Waals surface area contributed by atoms with Crippen LogP contribution in [0.1, 0.15) is 61.0 Å². The van der Waals surface area contributed by atoms with Crippen molar-refractivity contribution in [2.75, 3.05) is 77.0 Å². The van der Waals surface area contributed by atoms with Gasteiger partial charge in [-0.05, 0) is 75.1 Å². The predicted molar refractivity (Wildman–Crippen MR) is 176 cm³/mol. The van der Waals surface area contributed by atoms with Gasteiger partial charge in [0.25, 0.3) is 5.91 Å². The fourth-order valence-electron chi connectivity index (χ4n) is 7.31. The first kappa shape index (κ1) is 32.9. The maximum absolute atomic E-state index is 12.9. The van der Waals surface area contributed by atoms with Gasteiger partial charge >= 0.3 is 0 Å². The zero-order valence-electron chi connectivity index (χ0n) is 26.6. The van der Waals surface area contributed by atoms with Crippen LogP contribution in [0.15, 0.2) is 30.3 Å². The molecular formula is C34H46ClFN8O2. The van der Waals surface area contributed by atoms with Crippen molar-refractivity contribution in [3.63, 3.8) is 0 Å². The Labute approximate surface area is 276 Å². The predicted octanol–water partition coefficient (Wildman–Crippen LogP) is 4.00. The third-order valence-electron chi connectivity index (χ3n) is 10.2. The Kier molecular flexibility index (Phi) is 11.2. The van der Waals surface area contributed by atoms with Crippen LogP contribution in [0.5, 0.6) is 5.75 Å². The molecule has 0 unspecified atom stereocenters. The van der Waals surface area contributed by atoms with Crippen molar-refractivity contribution in [1.82, 2.24) is 30.2 Å². The number of hydrogen-bond donors (Lipinski definition) is 1. The van der Waals surface area contributed by atoms with Crippen LogP contribution in [0, 0.1) is 17.2 Å². The summed E-state index contributed by atoms with van der Waals surface area (Å²) in [7, 11) is 0. The molecule has 1 N–H and O–H groups in total. The maximum Gasteiger partial charge on any atom is 0.272 e. The molecule has 6 rings (SSSR count). The molecule has 1 aromatic heterocycles. The van der Waals surface area contributed by atoms with Gasteiger partial charge in [0.2, 0.25) is 0 Å². The van der Waals surface area contributed by atoms with Crippen LogP contribution in [0.2, 0.25) is 5.02 Å². The van der Waals surface area contributed by atoms with Crippen molar-refractivity contribution in [2.45, 2.75) is 63.1 Å². The van der Waals surface area contributed by atoms with E-state index in [9.17, 15) is 9.18 Å². The van der Waals surface area contributed by atoms with Gasteiger partial charge in [-0.1, -0.05) is 11.6 Å². The quantitative estimate of drug-likeness (QED) is 0.386. The molecule has 1 amide bonds. The van der Waals surface area contributed by atoms with Gasteiger partial charge in [0, 0.05) is 83.6 Å². The Hall–Kier alpha value is -3.04. The van der Waals surface area contributed by atoms with Crippen LogP contribution < -0.4 is 15.0 Å². The van der Waals surface area contributed by atoms with Crippen LogP contribution in [0.25, 0.3) is 0 Å². The van der Waals surface area contributed by atoms with E-state index in [0.717, 1.165) is 110 Å². The van der Waals surface area contributed by atoms with Gasteiger partial charge in [-0.2, -0.15) is 5.26 Å². The molecule has 0 radical (unpaired) electrons. The minimum atomic E-state index is -0.210. The average Bonchev–Trinajstić information content (AvgIpc) is 3.06. The summed E-state index contributed by atoms with van der Waals surface area (Å²) in [6.45, 7) is 10.5. The number of piperazine rings is 1. The highest BCUT2D eigenvalue weighted by Gasteiger charge is 2.33. The number of halogens is 2. The number of alkyl halides is 1. The number of hydrogen-bond acceptors (Lipinski definition) is 9. The van der Waals surface area contributed by atoms with Crippen LogP contribution in [0.3, 0.4) is 0 Å². The third-order valence-corrected chi connectivity index (χ3v) is 10.5. The number of nitrogens with one attached hydrogen (secondary N) is 1. The highest BCUT2D eigenvalue weighted by molar-refractivity contribution is 6.31. The number of piperidine rings is 1. The lowest BCUT2D eigenvalue weighted by atomic mass is 9.93. The lowest BCUT2D eigenvalue weighted by molar-refractivity contribution is 0.000984. The van der Waals surface area contributed by atoms with Gasteiger partial charge in [0.05, 0.1) is 23.4 Å². The van der Waals surface area contributed by atoms with Crippen molar-refractivity contribution in [3.05, 3.63) is 46.6 Å². The summed E-state index contributed by atoms with van der Waals surface area (Å²) in [5.74, 6) is 2.01. The monoisotopic (exact) mass is 652 g/mol. The Morgan fingerprint density at radius 1 is 0.978 bits per heavy atom. The molecule has 0 spiro atoms. The number of carbonyl (C=O) groups excluding carboxylic acids is 1. The second-order valence-electron chi connectivity index (χ2n) is 13.3. The van der Waals surface area contributed by atoms with E-state index in [1.54, 1.807) is 24.3 Å². The first-order valence-electron chi connectivity index (χ1n) is 17.0. The molecule has 46 heavy (non-hydrogen) atoms. The van der Waals surface area contributed by atoms with E-state index in [-0.39, 0.29) is 24.7 Å². The van der Waals surface area contributed by atoms with Crippen LogP contribution in [0.4, 0.5) is 10.2 Å². The number of anilines is 1. The molecule has 4 heterocycles. The molecule has 12 heteroatoms. The molecule has 4 aliphatic rings. The zero-order chi connectivity index (χ0) is 31.9. The number of benzene rings is 1. The van der Waals surface area contributed by atoms with Crippen molar-refractivity contribution in [1.29, 1.82) is 5.26 Å². The lowest BCUT2D eigenvalue weighted by Gasteiger charge is -2.48. The van der Waals surface area contributed by atoms with Crippen LogP contribution >= 0.6 is 11.6 Å². The third kappa shape index (κ3) is 8.45.